The average Bonchev–Trinajstić information content (AvgIpc) is 3.67. The van der Waals surface area contributed by atoms with E-state index in [1.807, 2.05) is 0 Å². The van der Waals surface area contributed by atoms with Gasteiger partial charge in [-0.05, 0) is 57.8 Å². The summed E-state index contributed by atoms with van der Waals surface area (Å²) in [4.78, 5) is 24.7. The molecule has 0 fully saturated rings. The minimum absolute atomic E-state index is 0.0170. The second-order valence-corrected chi connectivity index (χ2v) is 28.5. The number of carbonyl (C=O) groups excluding carboxylic acids is 2. The molecule has 0 saturated carbocycles. The third-order valence-electron chi connectivity index (χ3n) is 19.5. The zero-order chi connectivity index (χ0) is 64.2. The number of allylic oxidation sites excluding steroid dienone is 4. The number of unbranched alkanes of at least 4 members (excludes halogenated alkanes) is 63. The van der Waals surface area contributed by atoms with Gasteiger partial charge in [-0.1, -0.05) is 423 Å². The molecule has 0 saturated heterocycles. The maximum Gasteiger partial charge on any atom is 0.305 e. The number of aliphatic hydroxyl groups is 2. The van der Waals surface area contributed by atoms with Crippen molar-refractivity contribution in [3.63, 3.8) is 0 Å². The van der Waals surface area contributed by atoms with Crippen molar-refractivity contribution in [2.45, 2.75) is 482 Å². The van der Waals surface area contributed by atoms with Crippen LogP contribution in [-0.2, 0) is 14.3 Å². The number of aliphatic hydroxyl groups excluding tert-OH is 2. The normalized spacial score (nSPS) is 12.5. The number of hydrogen-bond acceptors (Lipinski definition) is 5. The Morgan fingerprint density at radius 2 is 0.562 bits per heavy atom. The van der Waals surface area contributed by atoms with Crippen molar-refractivity contribution in [1.82, 2.24) is 5.32 Å². The van der Waals surface area contributed by atoms with Crippen LogP contribution in [0.25, 0.3) is 0 Å². The second-order valence-electron chi connectivity index (χ2n) is 28.5. The van der Waals surface area contributed by atoms with Crippen molar-refractivity contribution in [2.24, 2.45) is 0 Å². The Kier molecular flexibility index (Phi) is 77.3. The van der Waals surface area contributed by atoms with Gasteiger partial charge in [-0.2, -0.15) is 0 Å². The summed E-state index contributed by atoms with van der Waals surface area (Å²) in [5.41, 5.74) is 0. The van der Waals surface area contributed by atoms with E-state index in [0.717, 1.165) is 51.4 Å². The molecule has 0 rings (SSSR count). The average molecular weight is 1250 g/mol. The molecule has 528 valence electrons. The first-order valence-corrected chi connectivity index (χ1v) is 41.1. The topological polar surface area (TPSA) is 95.9 Å². The zero-order valence-corrected chi connectivity index (χ0v) is 60.7. The molecule has 0 heterocycles. The van der Waals surface area contributed by atoms with Gasteiger partial charge >= 0.3 is 5.97 Å². The number of esters is 1. The van der Waals surface area contributed by atoms with Gasteiger partial charge in [0.2, 0.25) is 5.91 Å². The van der Waals surface area contributed by atoms with Crippen molar-refractivity contribution in [2.75, 3.05) is 13.2 Å². The van der Waals surface area contributed by atoms with E-state index in [-0.39, 0.29) is 18.5 Å². The van der Waals surface area contributed by atoms with E-state index in [1.54, 1.807) is 0 Å². The Hall–Kier alpha value is -1.66. The van der Waals surface area contributed by atoms with E-state index in [0.29, 0.717) is 25.9 Å². The molecule has 0 aromatic heterocycles. The van der Waals surface area contributed by atoms with Gasteiger partial charge < -0.3 is 20.3 Å². The number of ether oxygens (including phenoxy) is 1. The van der Waals surface area contributed by atoms with Gasteiger partial charge in [0.05, 0.1) is 25.4 Å². The summed E-state index contributed by atoms with van der Waals surface area (Å²) in [7, 11) is 0. The minimum Gasteiger partial charge on any atom is -0.466 e. The first kappa shape index (κ1) is 87.3. The molecule has 3 N–H and O–H groups in total. The van der Waals surface area contributed by atoms with E-state index in [1.165, 1.54) is 385 Å². The number of amides is 1. The summed E-state index contributed by atoms with van der Waals surface area (Å²) < 4.78 is 5.51. The largest absolute Gasteiger partial charge is 0.466 e. The lowest BCUT2D eigenvalue weighted by Crippen LogP contribution is -2.45. The summed E-state index contributed by atoms with van der Waals surface area (Å²) in [5, 5.41) is 23.4. The van der Waals surface area contributed by atoms with Crippen LogP contribution in [0.4, 0.5) is 0 Å². The molecule has 0 aromatic rings. The Bertz CT molecular complexity index is 1400. The van der Waals surface area contributed by atoms with E-state index in [2.05, 4.69) is 43.5 Å². The quantitative estimate of drug-likeness (QED) is 0.0320. The van der Waals surface area contributed by atoms with Gasteiger partial charge in [0.15, 0.2) is 0 Å². The summed E-state index contributed by atoms with van der Waals surface area (Å²) in [6.45, 7) is 4.99. The highest BCUT2D eigenvalue weighted by molar-refractivity contribution is 5.76. The molecule has 1 amide bonds. The number of rotatable bonds is 78. The number of hydrogen-bond donors (Lipinski definition) is 3. The molecule has 0 aliphatic heterocycles. The summed E-state index contributed by atoms with van der Waals surface area (Å²) in [6, 6.07) is -0.537. The Labute approximate surface area is 558 Å². The SMILES string of the molecule is CCCCCC/C=C\C/C=C\CCCCCCCCCC(=O)OCCCCCCCCCCCCCCCCCCCCCCCCCCCCCCCCCCCCCCCC(=O)NC(CO)C(O)CCCCCCCCCCCCCCCCCCC. The summed E-state index contributed by atoms with van der Waals surface area (Å²) >= 11 is 0. The zero-order valence-electron chi connectivity index (χ0n) is 60.7. The lowest BCUT2D eigenvalue weighted by Gasteiger charge is -2.22. The maximum absolute atomic E-state index is 12.5. The smallest absolute Gasteiger partial charge is 0.305 e. The van der Waals surface area contributed by atoms with Gasteiger partial charge in [0.25, 0.3) is 0 Å². The highest BCUT2D eigenvalue weighted by Crippen LogP contribution is 2.21. The van der Waals surface area contributed by atoms with E-state index in [9.17, 15) is 19.8 Å². The monoisotopic (exact) mass is 1250 g/mol. The van der Waals surface area contributed by atoms with Crippen LogP contribution in [-0.4, -0.2) is 47.4 Å². The van der Waals surface area contributed by atoms with Gasteiger partial charge in [0, 0.05) is 12.8 Å². The summed E-state index contributed by atoms with van der Waals surface area (Å²) in [5.74, 6) is -0.00771. The highest BCUT2D eigenvalue weighted by atomic mass is 16.5. The molecule has 0 radical (unpaired) electrons. The standard InChI is InChI=1S/C83H161NO5/c1-3-5-7-9-11-13-15-17-19-21-45-49-53-57-61-65-69-73-77-83(88)89-78-74-70-66-62-58-54-50-46-42-40-38-36-34-32-30-28-26-24-22-23-25-27-29-31-33-35-37-39-41-44-48-52-56-60-64-68-72-76-82(87)84-80(79-85)81(86)75-71-67-63-59-55-51-47-43-20-18-16-14-12-10-8-6-4-2/h13,15,19,21,80-81,85-86H,3-12,14,16-18,20,22-79H2,1-2H3,(H,84,87)/b15-13-,21-19-. The lowest BCUT2D eigenvalue weighted by molar-refractivity contribution is -0.143. The predicted molar refractivity (Wildman–Crippen MR) is 393 cm³/mol. The first-order chi connectivity index (χ1) is 44.0. The third kappa shape index (κ3) is 75.3. The Morgan fingerprint density at radius 3 is 0.865 bits per heavy atom. The van der Waals surface area contributed by atoms with Gasteiger partial charge in [-0.25, -0.2) is 0 Å². The molecule has 0 aliphatic carbocycles. The summed E-state index contributed by atoms with van der Waals surface area (Å²) in [6.07, 6.45) is 101. The molecule has 0 spiro atoms. The maximum atomic E-state index is 12.5. The van der Waals surface area contributed by atoms with Crippen LogP contribution >= 0.6 is 0 Å². The first-order valence-electron chi connectivity index (χ1n) is 41.1. The molecule has 2 unspecified atom stereocenters. The molecular weight excluding hydrogens is 1090 g/mol. The lowest BCUT2D eigenvalue weighted by atomic mass is 10.0. The van der Waals surface area contributed by atoms with Crippen LogP contribution in [0.5, 0.6) is 0 Å². The fraction of sp³-hybridized carbons (Fsp3) is 0.928. The predicted octanol–water partition coefficient (Wildman–Crippen LogP) is 27.2. The number of nitrogens with one attached hydrogen (secondary N) is 1. The van der Waals surface area contributed by atoms with Crippen molar-refractivity contribution in [3.8, 4) is 0 Å². The third-order valence-corrected chi connectivity index (χ3v) is 19.5. The Morgan fingerprint density at radius 1 is 0.315 bits per heavy atom. The van der Waals surface area contributed by atoms with Crippen LogP contribution in [0.2, 0.25) is 0 Å². The van der Waals surface area contributed by atoms with Gasteiger partial charge in [-0.3, -0.25) is 9.59 Å². The molecule has 0 aliphatic rings. The molecule has 6 heteroatoms. The Balaban J connectivity index is 3.29. The van der Waals surface area contributed by atoms with E-state index < -0.39 is 12.1 Å². The molecule has 0 bridgehead atoms. The fourth-order valence-corrected chi connectivity index (χ4v) is 13.3. The van der Waals surface area contributed by atoms with Crippen LogP contribution in [0.15, 0.2) is 24.3 Å². The van der Waals surface area contributed by atoms with E-state index >= 15 is 0 Å². The fourth-order valence-electron chi connectivity index (χ4n) is 13.3. The second kappa shape index (κ2) is 78.8. The minimum atomic E-state index is -0.660. The van der Waals surface area contributed by atoms with E-state index in [4.69, 9.17) is 4.74 Å². The van der Waals surface area contributed by atoms with Crippen LogP contribution in [0.1, 0.15) is 470 Å². The van der Waals surface area contributed by atoms with Crippen LogP contribution < -0.4 is 5.32 Å². The molecule has 0 aromatic carbocycles. The van der Waals surface area contributed by atoms with Crippen LogP contribution in [0, 0.1) is 0 Å². The van der Waals surface area contributed by atoms with Gasteiger partial charge in [0.1, 0.15) is 0 Å². The molecule has 6 nitrogen and oxygen atoms in total. The van der Waals surface area contributed by atoms with Crippen molar-refractivity contribution < 1.29 is 24.5 Å². The van der Waals surface area contributed by atoms with Crippen molar-refractivity contribution in [1.29, 1.82) is 0 Å². The van der Waals surface area contributed by atoms with Crippen molar-refractivity contribution in [3.05, 3.63) is 24.3 Å². The highest BCUT2D eigenvalue weighted by Gasteiger charge is 2.20. The molecule has 2 atom stereocenters. The molecular formula is C83H161NO5. The number of carbonyl (C=O) groups is 2. The van der Waals surface area contributed by atoms with Crippen LogP contribution in [0.3, 0.4) is 0 Å². The van der Waals surface area contributed by atoms with Gasteiger partial charge in [-0.15, -0.1) is 0 Å². The molecule has 89 heavy (non-hydrogen) atoms. The van der Waals surface area contributed by atoms with Crippen molar-refractivity contribution >= 4 is 11.9 Å².